The van der Waals surface area contributed by atoms with E-state index in [-0.39, 0.29) is 29.0 Å². The summed E-state index contributed by atoms with van der Waals surface area (Å²) in [4.78, 5) is 16.1. The normalized spacial score (nSPS) is 22.9. The van der Waals surface area contributed by atoms with E-state index in [4.69, 9.17) is 10.7 Å². The van der Waals surface area contributed by atoms with E-state index in [9.17, 15) is 8.78 Å². The number of ether oxygens (including phenoxy) is 2. The molecular weight excluding hydrogens is 456 g/mol. The van der Waals surface area contributed by atoms with Crippen molar-refractivity contribution in [3.05, 3.63) is 29.6 Å². The maximum absolute atomic E-state index is 13.6. The van der Waals surface area contributed by atoms with E-state index in [0.29, 0.717) is 29.2 Å². The van der Waals surface area contributed by atoms with Crippen molar-refractivity contribution in [3.63, 3.8) is 0 Å². The van der Waals surface area contributed by atoms with Crippen LogP contribution in [-0.2, 0) is 6.42 Å². The average molecular weight is 484 g/mol. The van der Waals surface area contributed by atoms with Crippen LogP contribution in [0, 0.1) is 5.92 Å². The molecular formula is C24H27F2N7O2. The second-order valence-corrected chi connectivity index (χ2v) is 9.58. The summed E-state index contributed by atoms with van der Waals surface area (Å²) in [5.74, 6) is 1.03. The Kier molecular flexibility index (Phi) is 5.13. The number of anilines is 1. The molecule has 0 bridgehead atoms. The molecule has 6 rings (SSSR count). The Hall–Kier alpha value is -3.34. The highest BCUT2D eigenvalue weighted by molar-refractivity contribution is 5.97. The number of fused-ring (bicyclic) bond motifs is 6. The van der Waals surface area contributed by atoms with Crippen molar-refractivity contribution in [2.24, 2.45) is 10.9 Å². The number of alkyl halides is 2. The van der Waals surface area contributed by atoms with Gasteiger partial charge in [0.25, 0.3) is 0 Å². The van der Waals surface area contributed by atoms with Crippen LogP contribution in [0.3, 0.4) is 0 Å². The molecule has 11 heteroatoms. The number of hydrogen-bond donors (Lipinski definition) is 1. The molecule has 0 amide bonds. The zero-order valence-corrected chi connectivity index (χ0v) is 19.7. The molecule has 3 aliphatic heterocycles. The molecule has 0 aliphatic carbocycles. The van der Waals surface area contributed by atoms with Crippen LogP contribution in [0.15, 0.2) is 28.8 Å². The van der Waals surface area contributed by atoms with E-state index in [1.165, 1.54) is 22.6 Å². The fourth-order valence-corrected chi connectivity index (χ4v) is 5.37. The minimum atomic E-state index is -3.74. The number of aromatic nitrogens is 4. The van der Waals surface area contributed by atoms with Crippen LogP contribution in [0.5, 0.6) is 11.5 Å². The lowest BCUT2D eigenvalue weighted by molar-refractivity contribution is -0.286. The summed E-state index contributed by atoms with van der Waals surface area (Å²) in [6, 6.07) is 3.25. The van der Waals surface area contributed by atoms with Gasteiger partial charge in [0.15, 0.2) is 23.0 Å². The summed E-state index contributed by atoms with van der Waals surface area (Å²) in [5.41, 5.74) is 9.32. The molecule has 1 aromatic carbocycles. The first-order chi connectivity index (χ1) is 16.8. The van der Waals surface area contributed by atoms with Crippen LogP contribution in [0.1, 0.15) is 38.9 Å². The van der Waals surface area contributed by atoms with E-state index in [1.54, 1.807) is 6.07 Å². The number of aliphatic imine (C=N–C) groups is 1. The average Bonchev–Trinajstić information content (AvgIpc) is 3.22. The lowest BCUT2D eigenvalue weighted by Gasteiger charge is -2.28. The fourth-order valence-electron chi connectivity index (χ4n) is 5.37. The van der Waals surface area contributed by atoms with Gasteiger partial charge >= 0.3 is 6.29 Å². The predicted octanol–water partition coefficient (Wildman–Crippen LogP) is 3.62. The molecule has 0 radical (unpaired) electrons. The Bertz CT molecular complexity index is 1380. The molecule has 0 saturated carbocycles. The summed E-state index contributed by atoms with van der Waals surface area (Å²) < 4.78 is 37.9. The maximum atomic E-state index is 13.6. The number of nitrogens with zero attached hydrogens (tertiary/aromatic N) is 6. The standard InChI is InChI=1S/C24H27F2N7O2/c1-13-10-16-12-32(9-3-4-15(16)7-8-28-13)14(2)11-19-29-22-17-5-6-18-21(35-24(25,26)34-18)20(17)30-23(27)33(22)31-19/h5-6,10,14-15H,3-4,7-9,11-12H2,1-2H3,(H2,27,30). The Labute approximate surface area is 200 Å². The molecule has 2 atom stereocenters. The third-order valence-electron chi connectivity index (χ3n) is 7.12. The summed E-state index contributed by atoms with van der Waals surface area (Å²) in [7, 11) is 0. The van der Waals surface area contributed by atoms with Crippen LogP contribution in [0.2, 0.25) is 0 Å². The number of hydrogen-bond acceptors (Lipinski definition) is 8. The molecule has 3 aliphatic rings. The first-order valence-electron chi connectivity index (χ1n) is 12.0. The summed E-state index contributed by atoms with van der Waals surface area (Å²) in [6.45, 7) is 7.09. The quantitative estimate of drug-likeness (QED) is 0.607. The molecule has 1 fully saturated rings. The van der Waals surface area contributed by atoms with Crippen molar-refractivity contribution in [2.45, 2.75) is 51.9 Å². The van der Waals surface area contributed by atoms with Crippen LogP contribution in [-0.4, -0.2) is 62.2 Å². The highest BCUT2D eigenvalue weighted by atomic mass is 19.3. The van der Waals surface area contributed by atoms with Gasteiger partial charge in [-0.2, -0.15) is 4.52 Å². The minimum absolute atomic E-state index is 0.0436. The van der Waals surface area contributed by atoms with E-state index in [1.807, 2.05) is 0 Å². The highest BCUT2D eigenvalue weighted by Gasteiger charge is 2.45. The van der Waals surface area contributed by atoms with E-state index < -0.39 is 6.29 Å². The smallest absolute Gasteiger partial charge is 0.395 e. The second kappa shape index (κ2) is 8.11. The van der Waals surface area contributed by atoms with Crippen LogP contribution >= 0.6 is 0 Å². The van der Waals surface area contributed by atoms with Gasteiger partial charge in [0, 0.05) is 36.7 Å². The van der Waals surface area contributed by atoms with Gasteiger partial charge < -0.3 is 15.2 Å². The molecule has 1 saturated heterocycles. The maximum Gasteiger partial charge on any atom is 0.586 e. The zero-order chi connectivity index (χ0) is 24.3. The number of halogens is 2. The Morgan fingerprint density at radius 3 is 2.94 bits per heavy atom. The van der Waals surface area contributed by atoms with Gasteiger partial charge in [-0.05, 0) is 63.8 Å². The van der Waals surface area contributed by atoms with Crippen LogP contribution in [0.4, 0.5) is 14.7 Å². The summed E-state index contributed by atoms with van der Waals surface area (Å²) in [5, 5.41) is 5.10. The lowest BCUT2D eigenvalue weighted by Crippen LogP contribution is -2.36. The number of allylic oxidation sites excluding steroid dienone is 1. The zero-order valence-electron chi connectivity index (χ0n) is 19.7. The Balaban J connectivity index is 1.29. The van der Waals surface area contributed by atoms with Gasteiger partial charge in [0.2, 0.25) is 5.95 Å². The van der Waals surface area contributed by atoms with E-state index >= 15 is 0 Å². The Morgan fingerprint density at radius 1 is 1.23 bits per heavy atom. The van der Waals surface area contributed by atoms with Crippen molar-refractivity contribution in [1.29, 1.82) is 0 Å². The summed E-state index contributed by atoms with van der Waals surface area (Å²) >= 11 is 0. The minimum Gasteiger partial charge on any atom is -0.395 e. The van der Waals surface area contributed by atoms with Gasteiger partial charge in [-0.3, -0.25) is 9.89 Å². The van der Waals surface area contributed by atoms with Gasteiger partial charge in [-0.25, -0.2) is 9.97 Å². The van der Waals surface area contributed by atoms with Crippen molar-refractivity contribution < 1.29 is 18.3 Å². The molecule has 0 spiro atoms. The van der Waals surface area contributed by atoms with Gasteiger partial charge in [0.05, 0.1) is 0 Å². The number of nitrogens with two attached hydrogens (primary N) is 1. The molecule has 35 heavy (non-hydrogen) atoms. The SMILES string of the molecule is CC1=NCCC2CCCN(C(C)Cc3nc4c5ccc6c(c5nc(N)n4n3)OC(F)(F)O6)CC2=C1. The van der Waals surface area contributed by atoms with Crippen molar-refractivity contribution in [1.82, 2.24) is 24.5 Å². The largest absolute Gasteiger partial charge is 0.586 e. The lowest BCUT2D eigenvalue weighted by atomic mass is 9.92. The number of rotatable bonds is 3. The monoisotopic (exact) mass is 483 g/mol. The highest BCUT2D eigenvalue weighted by Crippen LogP contribution is 2.45. The van der Waals surface area contributed by atoms with Gasteiger partial charge in [-0.15, -0.1) is 13.9 Å². The molecule has 184 valence electrons. The number of benzene rings is 1. The predicted molar refractivity (Wildman–Crippen MR) is 127 cm³/mol. The Morgan fingerprint density at radius 2 is 2.09 bits per heavy atom. The van der Waals surface area contributed by atoms with Crippen molar-refractivity contribution in [3.8, 4) is 11.5 Å². The molecule has 5 heterocycles. The second-order valence-electron chi connectivity index (χ2n) is 9.58. The van der Waals surface area contributed by atoms with Crippen LogP contribution < -0.4 is 15.2 Å². The van der Waals surface area contributed by atoms with Gasteiger partial charge in [0.1, 0.15) is 5.52 Å². The molecule has 2 unspecified atom stereocenters. The van der Waals surface area contributed by atoms with Crippen molar-refractivity contribution >= 4 is 28.2 Å². The number of likely N-dealkylation sites (tertiary alicyclic amines) is 1. The summed E-state index contributed by atoms with van der Waals surface area (Å²) in [6.07, 6.45) is 2.59. The van der Waals surface area contributed by atoms with E-state index in [0.717, 1.165) is 38.2 Å². The fraction of sp³-hybridized carbons (Fsp3) is 0.500. The first kappa shape index (κ1) is 22.1. The van der Waals surface area contributed by atoms with E-state index in [2.05, 4.69) is 49.4 Å². The molecule has 3 aromatic rings. The molecule has 2 aromatic heterocycles. The van der Waals surface area contributed by atoms with Crippen LogP contribution in [0.25, 0.3) is 16.6 Å². The first-order valence-corrected chi connectivity index (χ1v) is 12.0. The third kappa shape index (κ3) is 3.97. The molecule has 9 nitrogen and oxygen atoms in total. The third-order valence-corrected chi connectivity index (χ3v) is 7.12. The topological polar surface area (TPSA) is 103 Å². The van der Waals surface area contributed by atoms with Gasteiger partial charge in [-0.1, -0.05) is 5.57 Å². The van der Waals surface area contributed by atoms with Crippen molar-refractivity contribution in [2.75, 3.05) is 25.4 Å². The molecule has 2 N–H and O–H groups in total. The number of nitrogen functional groups attached to an aromatic ring is 1.